The Balaban J connectivity index is 2.68. The molecule has 0 aliphatic heterocycles. The number of benzene rings is 1. The molecule has 0 aromatic heterocycles. The molecule has 19 heavy (non-hydrogen) atoms. The van der Waals surface area contributed by atoms with Crippen LogP contribution in [-0.4, -0.2) is 41.8 Å². The highest BCUT2D eigenvalue weighted by Gasteiger charge is 2.32. The summed E-state index contributed by atoms with van der Waals surface area (Å²) >= 11 is 3.23. The number of hydrogen-bond acceptors (Lipinski definition) is 2. The van der Waals surface area contributed by atoms with Crippen LogP contribution in [0.2, 0.25) is 0 Å². The molecule has 0 bridgehead atoms. The number of carbonyl (C=O) groups is 1. The largest absolute Gasteiger partial charge is 0.406 e. The van der Waals surface area contributed by atoms with Crippen molar-refractivity contribution in [2.24, 2.45) is 0 Å². The number of rotatable bonds is 5. The predicted molar refractivity (Wildman–Crippen MR) is 67.6 cm³/mol. The lowest BCUT2D eigenvalue weighted by Crippen LogP contribution is -2.41. The Morgan fingerprint density at radius 1 is 1.26 bits per heavy atom. The molecule has 0 aliphatic rings. The van der Waals surface area contributed by atoms with Gasteiger partial charge in [-0.3, -0.25) is 4.79 Å². The van der Waals surface area contributed by atoms with E-state index in [0.717, 1.165) is 4.47 Å². The summed E-state index contributed by atoms with van der Waals surface area (Å²) in [5.74, 6) is -0.659. The summed E-state index contributed by atoms with van der Waals surface area (Å²) in [5, 5.41) is 8.72. The van der Waals surface area contributed by atoms with Crippen molar-refractivity contribution in [1.29, 1.82) is 0 Å². The lowest BCUT2D eigenvalue weighted by Gasteiger charge is -2.23. The summed E-state index contributed by atoms with van der Waals surface area (Å²) in [6, 6.07) is 6.74. The molecule has 3 nitrogen and oxygen atoms in total. The Labute approximate surface area is 117 Å². The van der Waals surface area contributed by atoms with Gasteiger partial charge in [-0.25, -0.2) is 0 Å². The second-order valence-corrected chi connectivity index (χ2v) is 4.87. The summed E-state index contributed by atoms with van der Waals surface area (Å²) in [4.78, 5) is 12.4. The summed E-state index contributed by atoms with van der Waals surface area (Å²) in [6.07, 6.45) is -4.59. The maximum absolute atomic E-state index is 12.3. The van der Waals surface area contributed by atoms with Crippen molar-refractivity contribution >= 4 is 21.8 Å². The van der Waals surface area contributed by atoms with E-state index < -0.39 is 25.2 Å². The third-order valence-corrected chi connectivity index (χ3v) is 2.89. The van der Waals surface area contributed by atoms with Crippen molar-refractivity contribution in [1.82, 2.24) is 4.90 Å². The van der Waals surface area contributed by atoms with Crippen LogP contribution in [0, 0.1) is 0 Å². The van der Waals surface area contributed by atoms with Gasteiger partial charge in [-0.05, 0) is 17.7 Å². The first kappa shape index (κ1) is 16.0. The van der Waals surface area contributed by atoms with Crippen LogP contribution in [0.3, 0.4) is 0 Å². The molecule has 0 unspecified atom stereocenters. The first-order valence-electron chi connectivity index (χ1n) is 5.51. The van der Waals surface area contributed by atoms with Crippen LogP contribution in [0.5, 0.6) is 0 Å². The highest BCUT2D eigenvalue weighted by molar-refractivity contribution is 9.10. The van der Waals surface area contributed by atoms with Crippen LogP contribution in [0.25, 0.3) is 0 Å². The van der Waals surface area contributed by atoms with Crippen LogP contribution < -0.4 is 0 Å². The van der Waals surface area contributed by atoms with E-state index >= 15 is 0 Å². The van der Waals surface area contributed by atoms with Gasteiger partial charge in [0, 0.05) is 11.0 Å². The lowest BCUT2D eigenvalue weighted by atomic mass is 10.1. The van der Waals surface area contributed by atoms with E-state index in [0.29, 0.717) is 10.5 Å². The highest BCUT2D eigenvalue weighted by atomic mass is 79.9. The van der Waals surface area contributed by atoms with E-state index in [1.807, 2.05) is 0 Å². The molecule has 106 valence electrons. The monoisotopic (exact) mass is 339 g/mol. The lowest BCUT2D eigenvalue weighted by molar-refractivity contribution is -0.161. The Hall–Kier alpha value is -1.08. The molecular formula is C12H13BrF3NO2. The quantitative estimate of drug-likeness (QED) is 0.894. The first-order valence-corrected chi connectivity index (χ1v) is 6.31. The summed E-state index contributed by atoms with van der Waals surface area (Å²) < 4.78 is 37.7. The van der Waals surface area contributed by atoms with Crippen molar-refractivity contribution in [3.63, 3.8) is 0 Å². The van der Waals surface area contributed by atoms with Gasteiger partial charge in [-0.2, -0.15) is 13.2 Å². The summed E-state index contributed by atoms with van der Waals surface area (Å²) in [7, 11) is 0. The molecule has 1 aromatic carbocycles. The third kappa shape index (κ3) is 6.07. The zero-order valence-corrected chi connectivity index (χ0v) is 11.5. The maximum Gasteiger partial charge on any atom is 0.406 e. The Morgan fingerprint density at radius 3 is 2.32 bits per heavy atom. The van der Waals surface area contributed by atoms with Crippen LogP contribution in [0.4, 0.5) is 13.2 Å². The van der Waals surface area contributed by atoms with Gasteiger partial charge < -0.3 is 10.0 Å². The van der Waals surface area contributed by atoms with Crippen molar-refractivity contribution in [2.45, 2.75) is 12.6 Å². The summed E-state index contributed by atoms with van der Waals surface area (Å²) in [5.41, 5.74) is 0.623. The van der Waals surface area contributed by atoms with Gasteiger partial charge in [0.05, 0.1) is 13.0 Å². The number of aliphatic hydroxyl groups is 1. The van der Waals surface area contributed by atoms with Crippen LogP contribution in [0.1, 0.15) is 5.56 Å². The fourth-order valence-electron chi connectivity index (χ4n) is 1.52. The normalized spacial score (nSPS) is 11.4. The van der Waals surface area contributed by atoms with E-state index in [1.165, 1.54) is 0 Å². The molecule has 1 N–H and O–H groups in total. The van der Waals surface area contributed by atoms with E-state index in [4.69, 9.17) is 5.11 Å². The van der Waals surface area contributed by atoms with Gasteiger partial charge in [0.25, 0.3) is 0 Å². The van der Waals surface area contributed by atoms with Crippen LogP contribution in [-0.2, 0) is 11.2 Å². The molecule has 7 heteroatoms. The molecule has 0 saturated carbocycles. The van der Waals surface area contributed by atoms with Crippen LogP contribution in [0.15, 0.2) is 28.7 Å². The predicted octanol–water partition coefficient (Wildman–Crippen LogP) is 2.37. The Morgan fingerprint density at radius 2 is 1.84 bits per heavy atom. The van der Waals surface area contributed by atoms with Crippen molar-refractivity contribution in [2.75, 3.05) is 19.7 Å². The van der Waals surface area contributed by atoms with Crippen molar-refractivity contribution < 1.29 is 23.1 Å². The molecule has 0 radical (unpaired) electrons. The number of hydrogen-bond donors (Lipinski definition) is 1. The smallest absolute Gasteiger partial charge is 0.395 e. The fourth-order valence-corrected chi connectivity index (χ4v) is 1.78. The molecule has 0 saturated heterocycles. The second kappa shape index (κ2) is 6.91. The topological polar surface area (TPSA) is 40.5 Å². The average Bonchev–Trinajstić information content (AvgIpc) is 2.30. The van der Waals surface area contributed by atoms with Gasteiger partial charge >= 0.3 is 6.18 Å². The molecule has 1 amide bonds. The first-order chi connectivity index (χ1) is 8.81. The minimum absolute atomic E-state index is 0.122. The summed E-state index contributed by atoms with van der Waals surface area (Å²) in [6.45, 7) is -2.17. The van der Waals surface area contributed by atoms with E-state index in [9.17, 15) is 18.0 Å². The molecule has 0 atom stereocenters. The van der Waals surface area contributed by atoms with Gasteiger partial charge in [0.1, 0.15) is 6.54 Å². The Kier molecular flexibility index (Phi) is 5.81. The number of alkyl halides is 3. The fraction of sp³-hybridized carbons (Fsp3) is 0.417. The highest BCUT2D eigenvalue weighted by Crippen LogP contribution is 2.17. The van der Waals surface area contributed by atoms with E-state index in [1.54, 1.807) is 24.3 Å². The van der Waals surface area contributed by atoms with Gasteiger partial charge in [0.15, 0.2) is 0 Å². The molecule has 0 fully saturated rings. The standard InChI is InChI=1S/C12H13BrF3NO2/c13-10-3-1-9(2-4-10)7-11(19)17(5-6-18)8-12(14,15)16/h1-4,18H,5-8H2. The van der Waals surface area contributed by atoms with E-state index in [2.05, 4.69) is 15.9 Å². The van der Waals surface area contributed by atoms with Gasteiger partial charge in [-0.15, -0.1) is 0 Å². The number of halogens is 4. The van der Waals surface area contributed by atoms with Crippen molar-refractivity contribution in [3.05, 3.63) is 34.3 Å². The molecule has 0 heterocycles. The molecule has 1 rings (SSSR count). The average molecular weight is 340 g/mol. The molecule has 0 spiro atoms. The van der Waals surface area contributed by atoms with Crippen LogP contribution >= 0.6 is 15.9 Å². The zero-order chi connectivity index (χ0) is 14.5. The van der Waals surface area contributed by atoms with Gasteiger partial charge in [-0.1, -0.05) is 28.1 Å². The SMILES string of the molecule is O=C(Cc1ccc(Br)cc1)N(CCO)CC(F)(F)F. The number of amides is 1. The number of aliphatic hydroxyl groups excluding tert-OH is 1. The molecular weight excluding hydrogens is 327 g/mol. The van der Waals surface area contributed by atoms with Crippen molar-refractivity contribution in [3.8, 4) is 0 Å². The zero-order valence-electron chi connectivity index (χ0n) is 9.95. The third-order valence-electron chi connectivity index (χ3n) is 2.36. The molecule has 0 aliphatic carbocycles. The number of carbonyl (C=O) groups excluding carboxylic acids is 1. The van der Waals surface area contributed by atoms with Gasteiger partial charge in [0.2, 0.25) is 5.91 Å². The second-order valence-electron chi connectivity index (χ2n) is 3.96. The number of nitrogens with zero attached hydrogens (tertiary/aromatic N) is 1. The van der Waals surface area contributed by atoms with E-state index in [-0.39, 0.29) is 13.0 Å². The minimum atomic E-state index is -4.47. The maximum atomic E-state index is 12.3. The molecule has 1 aromatic rings. The minimum Gasteiger partial charge on any atom is -0.395 e. The Bertz CT molecular complexity index is 420.